The summed E-state index contributed by atoms with van der Waals surface area (Å²) in [4.78, 5) is 0. The zero-order valence-corrected chi connectivity index (χ0v) is 5.82. The third-order valence-electron chi connectivity index (χ3n) is 2.39. The average molecular weight is 162 g/mol. The lowest BCUT2D eigenvalue weighted by molar-refractivity contribution is -0.285. The van der Waals surface area contributed by atoms with Crippen LogP contribution in [0.15, 0.2) is 0 Å². The molecule has 5 heteroatoms. The van der Waals surface area contributed by atoms with Gasteiger partial charge in [-0.05, 0) is 6.42 Å². The monoisotopic (exact) mass is 162 g/mol. The molecule has 0 aromatic carbocycles. The summed E-state index contributed by atoms with van der Waals surface area (Å²) in [6, 6.07) is 0. The Bertz CT molecular complexity index is 203. The fraction of sp³-hybridized carbons (Fsp3) is 1.00. The van der Waals surface area contributed by atoms with Crippen molar-refractivity contribution >= 4 is 0 Å². The Morgan fingerprint density at radius 1 is 1.00 bits per heavy atom. The van der Waals surface area contributed by atoms with Gasteiger partial charge in [0.1, 0.15) is 0 Å². The highest BCUT2D eigenvalue weighted by Gasteiger charge is 2.81. The quantitative estimate of drug-likeness (QED) is 0.250. The Balaban J connectivity index is 2.29. The molecule has 64 valence electrons. The lowest BCUT2D eigenvalue weighted by Gasteiger charge is -2.29. The van der Waals surface area contributed by atoms with Crippen LogP contribution in [-0.2, 0) is 4.74 Å². The van der Waals surface area contributed by atoms with Gasteiger partial charge in [-0.25, -0.2) is 0 Å². The van der Waals surface area contributed by atoms with Crippen molar-refractivity contribution in [2.24, 2.45) is 0 Å². The van der Waals surface area contributed by atoms with Crippen LogP contribution in [0.5, 0.6) is 0 Å². The number of rotatable bonds is 0. The van der Waals surface area contributed by atoms with Crippen molar-refractivity contribution in [3.63, 3.8) is 0 Å². The van der Waals surface area contributed by atoms with Crippen molar-refractivity contribution in [2.75, 3.05) is 0 Å². The fourth-order valence-corrected chi connectivity index (χ4v) is 1.58. The molecule has 0 amide bonds. The summed E-state index contributed by atoms with van der Waals surface area (Å²) in [5, 5.41) is 36.8. The lowest BCUT2D eigenvalue weighted by atomic mass is 9.89. The highest BCUT2D eigenvalue weighted by atomic mass is 16.9. The van der Waals surface area contributed by atoms with Crippen molar-refractivity contribution in [1.29, 1.82) is 0 Å². The van der Waals surface area contributed by atoms with Crippen molar-refractivity contribution in [3.8, 4) is 0 Å². The normalized spacial score (nSPS) is 53.5. The maximum absolute atomic E-state index is 9.26. The third-order valence-corrected chi connectivity index (χ3v) is 2.39. The number of epoxide rings is 1. The van der Waals surface area contributed by atoms with Crippen LogP contribution >= 0.6 is 0 Å². The molecule has 2 aliphatic rings. The summed E-state index contributed by atoms with van der Waals surface area (Å²) in [5.74, 6) is -6.19. The molecular formula is C6H10O5. The van der Waals surface area contributed by atoms with E-state index < -0.39 is 17.4 Å². The van der Waals surface area contributed by atoms with E-state index in [-0.39, 0.29) is 12.8 Å². The van der Waals surface area contributed by atoms with Crippen LogP contribution in [0.2, 0.25) is 0 Å². The molecule has 2 unspecified atom stereocenters. The molecule has 0 aromatic rings. The largest absolute Gasteiger partial charge is 0.361 e. The van der Waals surface area contributed by atoms with Crippen molar-refractivity contribution in [2.45, 2.75) is 36.6 Å². The van der Waals surface area contributed by atoms with E-state index in [1.54, 1.807) is 0 Å². The molecule has 4 N–H and O–H groups in total. The van der Waals surface area contributed by atoms with Crippen LogP contribution in [0.25, 0.3) is 0 Å². The van der Waals surface area contributed by atoms with Gasteiger partial charge in [-0.2, -0.15) is 0 Å². The zero-order valence-electron chi connectivity index (χ0n) is 5.82. The highest BCUT2D eigenvalue weighted by molar-refractivity contribution is 5.11. The van der Waals surface area contributed by atoms with Crippen LogP contribution in [0.3, 0.4) is 0 Å². The van der Waals surface area contributed by atoms with Gasteiger partial charge in [0.05, 0.1) is 0 Å². The first-order valence-corrected chi connectivity index (χ1v) is 3.51. The molecule has 11 heavy (non-hydrogen) atoms. The summed E-state index contributed by atoms with van der Waals surface area (Å²) in [5.41, 5.74) is 0. The maximum Gasteiger partial charge on any atom is 0.279 e. The van der Waals surface area contributed by atoms with Gasteiger partial charge in [0, 0.05) is 12.8 Å². The second-order valence-electron chi connectivity index (χ2n) is 3.20. The standard InChI is InChI=1S/C6H10O5/c7-4(8)2-1-3-5(9)6(4,10)11-5/h7-10H,1-3H2. The predicted molar refractivity (Wildman–Crippen MR) is 32.0 cm³/mol. The van der Waals surface area contributed by atoms with Gasteiger partial charge >= 0.3 is 0 Å². The summed E-state index contributed by atoms with van der Waals surface area (Å²) < 4.78 is 4.48. The molecule has 1 saturated carbocycles. The first kappa shape index (κ1) is 7.45. The van der Waals surface area contributed by atoms with E-state index in [4.69, 9.17) is 10.2 Å². The van der Waals surface area contributed by atoms with E-state index in [2.05, 4.69) is 4.74 Å². The third kappa shape index (κ3) is 0.671. The van der Waals surface area contributed by atoms with Crippen LogP contribution in [0.1, 0.15) is 19.3 Å². The van der Waals surface area contributed by atoms with Crippen molar-refractivity contribution < 1.29 is 25.2 Å². The highest BCUT2D eigenvalue weighted by Crippen LogP contribution is 2.57. The summed E-state index contributed by atoms with van der Waals surface area (Å²) in [7, 11) is 0. The molecule has 1 aliphatic carbocycles. The molecule has 0 aromatic heterocycles. The van der Waals surface area contributed by atoms with Crippen molar-refractivity contribution in [1.82, 2.24) is 0 Å². The van der Waals surface area contributed by atoms with Gasteiger partial charge < -0.3 is 25.2 Å². The Morgan fingerprint density at radius 3 is 2.09 bits per heavy atom. The first-order valence-electron chi connectivity index (χ1n) is 3.51. The number of hydrogen-bond acceptors (Lipinski definition) is 5. The van der Waals surface area contributed by atoms with Crippen LogP contribution in [0, 0.1) is 0 Å². The molecule has 2 fully saturated rings. The Hall–Kier alpha value is -0.200. The Labute approximate surface area is 62.8 Å². The second-order valence-corrected chi connectivity index (χ2v) is 3.20. The number of fused-ring (bicyclic) bond motifs is 1. The topological polar surface area (TPSA) is 93.5 Å². The van der Waals surface area contributed by atoms with Gasteiger partial charge in [-0.3, -0.25) is 0 Å². The molecule has 0 spiro atoms. The average Bonchev–Trinajstić information content (AvgIpc) is 2.36. The first-order chi connectivity index (χ1) is 4.91. The van der Waals surface area contributed by atoms with Crippen LogP contribution < -0.4 is 0 Å². The van der Waals surface area contributed by atoms with E-state index in [1.807, 2.05) is 0 Å². The zero-order chi connectivity index (χ0) is 8.33. The van der Waals surface area contributed by atoms with Gasteiger partial charge in [0.15, 0.2) is 0 Å². The molecule has 0 radical (unpaired) electrons. The molecule has 1 saturated heterocycles. The molecule has 2 rings (SSSR count). The molecule has 5 nitrogen and oxygen atoms in total. The molecule has 0 bridgehead atoms. The lowest BCUT2D eigenvalue weighted by Crippen LogP contribution is -2.52. The van der Waals surface area contributed by atoms with E-state index in [9.17, 15) is 10.2 Å². The SMILES string of the molecule is OC1(O)CCCC2(O)OC12O. The summed E-state index contributed by atoms with van der Waals surface area (Å²) in [6.07, 6.45) is 0.685. The molecule has 1 aliphatic heterocycles. The molecule has 1 heterocycles. The van der Waals surface area contributed by atoms with Gasteiger partial charge in [-0.15, -0.1) is 0 Å². The van der Waals surface area contributed by atoms with E-state index in [1.165, 1.54) is 0 Å². The Kier molecular flexibility index (Phi) is 1.08. The van der Waals surface area contributed by atoms with Crippen molar-refractivity contribution in [3.05, 3.63) is 0 Å². The predicted octanol–water partition coefficient (Wildman–Crippen LogP) is -1.74. The van der Waals surface area contributed by atoms with E-state index >= 15 is 0 Å². The minimum Gasteiger partial charge on any atom is -0.361 e. The minimum absolute atomic E-state index is 0.0197. The smallest absolute Gasteiger partial charge is 0.279 e. The van der Waals surface area contributed by atoms with Gasteiger partial charge in [-0.1, -0.05) is 0 Å². The van der Waals surface area contributed by atoms with Crippen LogP contribution in [0.4, 0.5) is 0 Å². The number of ether oxygens (including phenoxy) is 1. The fourth-order valence-electron chi connectivity index (χ4n) is 1.58. The summed E-state index contributed by atoms with van der Waals surface area (Å²) >= 11 is 0. The minimum atomic E-state index is -2.31. The number of aliphatic hydroxyl groups is 4. The van der Waals surface area contributed by atoms with Gasteiger partial charge in [0.2, 0.25) is 11.6 Å². The Morgan fingerprint density at radius 2 is 1.64 bits per heavy atom. The second kappa shape index (κ2) is 1.60. The molecule has 2 atom stereocenters. The van der Waals surface area contributed by atoms with Crippen LogP contribution in [-0.4, -0.2) is 37.8 Å². The number of hydrogen-bond donors (Lipinski definition) is 4. The maximum atomic E-state index is 9.26. The summed E-state index contributed by atoms with van der Waals surface area (Å²) in [6.45, 7) is 0. The van der Waals surface area contributed by atoms with Gasteiger partial charge in [0.25, 0.3) is 5.79 Å². The van der Waals surface area contributed by atoms with E-state index in [0.29, 0.717) is 6.42 Å². The van der Waals surface area contributed by atoms with E-state index in [0.717, 1.165) is 0 Å². The molecular weight excluding hydrogens is 152 g/mol.